The van der Waals surface area contributed by atoms with Crippen LogP contribution in [-0.2, 0) is 0 Å². The Balaban J connectivity index is 4.47. The van der Waals surface area contributed by atoms with E-state index in [2.05, 4.69) is 24.5 Å². The lowest BCUT2D eigenvalue weighted by atomic mass is 9.82. The van der Waals surface area contributed by atoms with Gasteiger partial charge in [-0.2, -0.15) is 0 Å². The van der Waals surface area contributed by atoms with Crippen molar-refractivity contribution in [1.29, 1.82) is 0 Å². The minimum atomic E-state index is 0.175. The summed E-state index contributed by atoms with van der Waals surface area (Å²) in [6, 6.07) is 0. The average molecular weight is 347 g/mol. The lowest BCUT2D eigenvalue weighted by Gasteiger charge is -2.28. The molecule has 4 unspecified atom stereocenters. The Morgan fingerprint density at radius 3 is 1.79 bits per heavy atom. The Labute approximate surface area is 148 Å². The summed E-state index contributed by atoms with van der Waals surface area (Å²) in [5, 5.41) is 24.5. The minimum absolute atomic E-state index is 0.175. The van der Waals surface area contributed by atoms with Gasteiger partial charge in [-0.25, -0.2) is 0 Å². The zero-order valence-corrected chi connectivity index (χ0v) is 15.8. The Morgan fingerprint density at radius 1 is 0.792 bits per heavy atom. The van der Waals surface area contributed by atoms with Crippen molar-refractivity contribution in [1.82, 2.24) is 10.6 Å². The number of aliphatic hydroxyl groups excluding tert-OH is 2. The zero-order chi connectivity index (χ0) is 18.2. The maximum atomic E-state index is 8.96. The highest BCUT2D eigenvalue weighted by molar-refractivity contribution is 4.75. The third-order valence-electron chi connectivity index (χ3n) is 4.83. The lowest BCUT2D eigenvalue weighted by Crippen LogP contribution is -2.32. The molecule has 146 valence electrons. The molecule has 4 atom stereocenters. The molecule has 0 amide bonds. The highest BCUT2D eigenvalue weighted by atomic mass is 16.3. The third-order valence-corrected chi connectivity index (χ3v) is 4.83. The molecule has 0 saturated heterocycles. The van der Waals surface area contributed by atoms with Crippen LogP contribution < -0.4 is 22.1 Å². The summed E-state index contributed by atoms with van der Waals surface area (Å²) < 4.78 is 0. The average Bonchev–Trinajstić information content (AvgIpc) is 2.59. The van der Waals surface area contributed by atoms with E-state index >= 15 is 0 Å². The van der Waals surface area contributed by atoms with Crippen LogP contribution in [0.3, 0.4) is 0 Å². The van der Waals surface area contributed by atoms with E-state index in [9.17, 15) is 0 Å². The largest absolute Gasteiger partial charge is 0.395 e. The molecule has 24 heavy (non-hydrogen) atoms. The van der Waals surface area contributed by atoms with E-state index in [1.165, 1.54) is 0 Å². The van der Waals surface area contributed by atoms with Crippen LogP contribution in [0.4, 0.5) is 0 Å². The molecule has 0 heterocycles. The normalized spacial score (nSPS) is 16.8. The van der Waals surface area contributed by atoms with Gasteiger partial charge in [-0.15, -0.1) is 0 Å². The second-order valence-electron chi connectivity index (χ2n) is 7.15. The fraction of sp³-hybridized carbons (Fsp3) is 1.00. The first-order valence-electron chi connectivity index (χ1n) is 9.64. The van der Waals surface area contributed by atoms with Gasteiger partial charge >= 0.3 is 0 Å². The van der Waals surface area contributed by atoms with Gasteiger partial charge in [0, 0.05) is 13.1 Å². The van der Waals surface area contributed by atoms with E-state index in [1.54, 1.807) is 0 Å². The first-order chi connectivity index (χ1) is 11.6. The number of rotatable bonds is 17. The van der Waals surface area contributed by atoms with Crippen LogP contribution in [0.5, 0.6) is 0 Å². The molecule has 0 fully saturated rings. The van der Waals surface area contributed by atoms with Crippen molar-refractivity contribution >= 4 is 0 Å². The van der Waals surface area contributed by atoms with Crippen molar-refractivity contribution in [2.45, 2.75) is 39.5 Å². The van der Waals surface area contributed by atoms with Crippen molar-refractivity contribution in [2.75, 3.05) is 52.5 Å². The zero-order valence-electron chi connectivity index (χ0n) is 15.8. The Kier molecular flexibility index (Phi) is 16.1. The predicted molar refractivity (Wildman–Crippen MR) is 102 cm³/mol. The number of nitrogens with two attached hydrogens (primary N) is 2. The van der Waals surface area contributed by atoms with Crippen molar-refractivity contribution in [3.8, 4) is 0 Å². The molecule has 8 N–H and O–H groups in total. The van der Waals surface area contributed by atoms with E-state index in [0.717, 1.165) is 38.8 Å². The van der Waals surface area contributed by atoms with Crippen LogP contribution in [0.2, 0.25) is 0 Å². The van der Waals surface area contributed by atoms with E-state index in [-0.39, 0.29) is 13.2 Å². The summed E-state index contributed by atoms with van der Waals surface area (Å²) in [5.41, 5.74) is 11.8. The molecule has 0 aliphatic heterocycles. The van der Waals surface area contributed by atoms with E-state index < -0.39 is 0 Å². The van der Waals surface area contributed by atoms with Gasteiger partial charge in [0.1, 0.15) is 0 Å². The maximum absolute atomic E-state index is 8.96. The van der Waals surface area contributed by atoms with Crippen molar-refractivity contribution in [2.24, 2.45) is 35.1 Å². The fourth-order valence-corrected chi connectivity index (χ4v) is 3.32. The molecule has 0 aliphatic carbocycles. The molecule has 0 aromatic rings. The molecule has 6 heteroatoms. The van der Waals surface area contributed by atoms with Crippen LogP contribution in [-0.4, -0.2) is 62.7 Å². The van der Waals surface area contributed by atoms with E-state index in [4.69, 9.17) is 21.7 Å². The molecule has 6 nitrogen and oxygen atoms in total. The van der Waals surface area contributed by atoms with Gasteiger partial charge in [0.25, 0.3) is 0 Å². The molecule has 0 spiro atoms. The third kappa shape index (κ3) is 12.2. The second kappa shape index (κ2) is 16.2. The number of hydrogen-bond donors (Lipinski definition) is 6. The molecule has 0 bridgehead atoms. The molecule has 0 rings (SSSR count). The molecular formula is C18H42N4O2. The van der Waals surface area contributed by atoms with Crippen LogP contribution >= 0.6 is 0 Å². The van der Waals surface area contributed by atoms with Gasteiger partial charge in [0.05, 0.1) is 13.2 Å². The predicted octanol–water partition coefficient (Wildman–Crippen LogP) is 0.133. The highest BCUT2D eigenvalue weighted by Crippen LogP contribution is 2.25. The summed E-state index contributed by atoms with van der Waals surface area (Å²) >= 11 is 0. The van der Waals surface area contributed by atoms with Crippen molar-refractivity contribution < 1.29 is 10.2 Å². The minimum Gasteiger partial charge on any atom is -0.395 e. The molecule has 0 aliphatic rings. The van der Waals surface area contributed by atoms with E-state index in [1.807, 2.05) is 0 Å². The summed E-state index contributed by atoms with van der Waals surface area (Å²) in [4.78, 5) is 0. The summed E-state index contributed by atoms with van der Waals surface area (Å²) in [6.07, 6.45) is 4.46. The Bertz CT molecular complexity index is 269. The van der Waals surface area contributed by atoms with Crippen LogP contribution in [0, 0.1) is 23.7 Å². The number of nitrogens with one attached hydrogen (secondary N) is 2. The number of aliphatic hydroxyl groups is 2. The summed E-state index contributed by atoms with van der Waals surface area (Å²) in [7, 11) is 0. The maximum Gasteiger partial charge on any atom is 0.0555 e. The summed E-state index contributed by atoms with van der Waals surface area (Å²) in [6.45, 7) is 9.37. The topological polar surface area (TPSA) is 117 Å². The Morgan fingerprint density at radius 2 is 1.33 bits per heavy atom. The van der Waals surface area contributed by atoms with Gasteiger partial charge in [-0.3, -0.25) is 0 Å². The van der Waals surface area contributed by atoms with Gasteiger partial charge in [-0.05, 0) is 69.1 Å². The smallest absolute Gasteiger partial charge is 0.0555 e. The quantitative estimate of drug-likeness (QED) is 0.209. The van der Waals surface area contributed by atoms with E-state index in [0.29, 0.717) is 49.9 Å². The fourth-order valence-electron chi connectivity index (χ4n) is 3.32. The van der Waals surface area contributed by atoms with Crippen LogP contribution in [0.25, 0.3) is 0 Å². The molecular weight excluding hydrogens is 304 g/mol. The van der Waals surface area contributed by atoms with Gasteiger partial charge in [-0.1, -0.05) is 20.3 Å². The standard InChI is InChI=1S/C18H42N4O2/c1-3-16(13-21-4-6-23)9-17(12-20)10-18(8-15(2)11-19)14-22-5-7-24/h15-18,21-24H,3-14,19-20H2,1-2H3. The van der Waals surface area contributed by atoms with Gasteiger partial charge in [0.2, 0.25) is 0 Å². The highest BCUT2D eigenvalue weighted by Gasteiger charge is 2.20. The molecule has 0 aromatic heterocycles. The molecule has 0 saturated carbocycles. The van der Waals surface area contributed by atoms with Gasteiger partial charge < -0.3 is 32.3 Å². The second-order valence-corrected chi connectivity index (χ2v) is 7.15. The first-order valence-corrected chi connectivity index (χ1v) is 9.64. The van der Waals surface area contributed by atoms with Crippen molar-refractivity contribution in [3.05, 3.63) is 0 Å². The SMILES string of the molecule is CCC(CNCCO)CC(CN)CC(CNCCO)CC(C)CN. The molecule has 0 radical (unpaired) electrons. The summed E-state index contributed by atoms with van der Waals surface area (Å²) in [5.74, 6) is 2.17. The molecule has 0 aromatic carbocycles. The first kappa shape index (κ1) is 23.8. The number of hydrogen-bond acceptors (Lipinski definition) is 6. The monoisotopic (exact) mass is 346 g/mol. The Hall–Kier alpha value is -0.240. The van der Waals surface area contributed by atoms with Crippen LogP contribution in [0.1, 0.15) is 39.5 Å². The van der Waals surface area contributed by atoms with Crippen LogP contribution in [0.15, 0.2) is 0 Å². The van der Waals surface area contributed by atoms with Gasteiger partial charge in [0.15, 0.2) is 0 Å². The van der Waals surface area contributed by atoms with Crippen molar-refractivity contribution in [3.63, 3.8) is 0 Å². The lowest BCUT2D eigenvalue weighted by molar-refractivity contribution is 0.248.